The van der Waals surface area contributed by atoms with Crippen LogP contribution in [0, 0.1) is 6.92 Å². The summed E-state index contributed by atoms with van der Waals surface area (Å²) in [5.41, 5.74) is 1.00. The van der Waals surface area contributed by atoms with E-state index in [9.17, 15) is 8.42 Å². The Bertz CT molecular complexity index is 659. The predicted molar refractivity (Wildman–Crippen MR) is 141 cm³/mol. The van der Waals surface area contributed by atoms with Gasteiger partial charge in [-0.1, -0.05) is 57.2 Å². The van der Waals surface area contributed by atoms with Crippen LogP contribution in [0.15, 0.2) is 29.2 Å². The summed E-state index contributed by atoms with van der Waals surface area (Å²) in [6, 6.07) is 6.55. The van der Waals surface area contributed by atoms with Crippen LogP contribution in [0.5, 0.6) is 0 Å². The van der Waals surface area contributed by atoms with E-state index < -0.39 is 10.1 Å². The second-order valence-corrected chi connectivity index (χ2v) is 9.67. The Morgan fingerprint density at radius 2 is 1.11 bits per heavy atom. The largest absolute Gasteiger partial charge is 0.379 e. The second kappa shape index (κ2) is 24.6. The zero-order valence-corrected chi connectivity index (χ0v) is 23.2. The highest BCUT2D eigenvalue weighted by Crippen LogP contribution is 2.12. The van der Waals surface area contributed by atoms with Crippen LogP contribution in [-0.4, -0.2) is 81.5 Å². The number of hydrogen-bond acceptors (Lipinski definition) is 8. The highest BCUT2D eigenvalue weighted by molar-refractivity contribution is 7.86. The van der Waals surface area contributed by atoms with E-state index in [4.69, 9.17) is 23.1 Å². The first-order valence-electron chi connectivity index (χ1n) is 12.9. The second-order valence-electron chi connectivity index (χ2n) is 8.06. The van der Waals surface area contributed by atoms with Crippen LogP contribution >= 0.6 is 0 Å². The summed E-state index contributed by atoms with van der Waals surface area (Å²) in [5.74, 6) is 0. The molecule has 1 aromatic rings. The molecule has 0 heterocycles. The molecule has 0 radical (unpaired) electrons. The van der Waals surface area contributed by atoms with E-state index >= 15 is 0 Å². The highest BCUT2D eigenvalue weighted by atomic mass is 32.2. The summed E-state index contributed by atoms with van der Waals surface area (Å²) in [7, 11) is -1.77. The lowest BCUT2D eigenvalue weighted by atomic mass is 10.2. The minimum Gasteiger partial charge on any atom is -0.379 e. The number of nitrogens with one attached hydrogen (secondary N) is 1. The Morgan fingerprint density at radius 1 is 0.657 bits per heavy atom. The minimum absolute atomic E-state index is 0.00600. The maximum absolute atomic E-state index is 11.9. The molecule has 0 unspecified atom stereocenters. The normalized spacial score (nSPS) is 11.3. The lowest BCUT2D eigenvalue weighted by Crippen LogP contribution is -2.16. The lowest BCUT2D eigenvalue weighted by Gasteiger charge is -2.07. The van der Waals surface area contributed by atoms with Crippen LogP contribution in [0.1, 0.15) is 57.9 Å². The summed E-state index contributed by atoms with van der Waals surface area (Å²) >= 11 is 0. The zero-order chi connectivity index (χ0) is 26.0. The first-order valence-corrected chi connectivity index (χ1v) is 14.3. The van der Waals surface area contributed by atoms with Gasteiger partial charge >= 0.3 is 0 Å². The Balaban J connectivity index is 0.000000761. The molecule has 0 bridgehead atoms. The fourth-order valence-corrected chi connectivity index (χ4v) is 3.60. The molecule has 0 aliphatic heterocycles. The fraction of sp³-hybridized carbons (Fsp3) is 0.769. The zero-order valence-electron chi connectivity index (χ0n) is 22.4. The van der Waals surface area contributed by atoms with Gasteiger partial charge in [0.25, 0.3) is 10.1 Å². The van der Waals surface area contributed by atoms with Crippen molar-refractivity contribution in [1.82, 2.24) is 5.32 Å². The van der Waals surface area contributed by atoms with E-state index in [1.54, 1.807) is 12.1 Å². The van der Waals surface area contributed by atoms with E-state index in [0.717, 1.165) is 45.0 Å². The number of likely N-dealkylation sites (N-methyl/N-ethyl adjacent to an activating group) is 1. The Labute approximate surface area is 214 Å². The molecule has 0 aliphatic rings. The molecule has 0 saturated carbocycles. The summed E-state index contributed by atoms with van der Waals surface area (Å²) in [4.78, 5) is 0.164. The molecule has 1 N–H and O–H groups in total. The van der Waals surface area contributed by atoms with E-state index in [1.165, 1.54) is 44.2 Å². The quantitative estimate of drug-likeness (QED) is 0.179. The molecule has 35 heavy (non-hydrogen) atoms. The van der Waals surface area contributed by atoms with Crippen LogP contribution < -0.4 is 5.32 Å². The van der Waals surface area contributed by atoms with Crippen molar-refractivity contribution in [2.45, 2.75) is 64.2 Å². The maximum Gasteiger partial charge on any atom is 0.297 e. The van der Waals surface area contributed by atoms with Gasteiger partial charge in [-0.2, -0.15) is 8.42 Å². The average molecular weight is 520 g/mol. The molecule has 0 aliphatic carbocycles. The van der Waals surface area contributed by atoms with Gasteiger partial charge in [0.15, 0.2) is 0 Å². The van der Waals surface area contributed by atoms with Gasteiger partial charge in [-0.3, -0.25) is 4.18 Å². The molecular formula is C26H49NO7S. The molecular weight excluding hydrogens is 470 g/mol. The third-order valence-corrected chi connectivity index (χ3v) is 6.13. The van der Waals surface area contributed by atoms with Crippen LogP contribution in [0.4, 0.5) is 0 Å². The van der Waals surface area contributed by atoms with Crippen LogP contribution in [-0.2, 0) is 33.2 Å². The fourth-order valence-electron chi connectivity index (χ4n) is 2.70. The van der Waals surface area contributed by atoms with Gasteiger partial charge in [-0.15, -0.1) is 0 Å². The van der Waals surface area contributed by atoms with Crippen molar-refractivity contribution in [1.29, 1.82) is 0 Å². The molecule has 0 saturated heterocycles. The van der Waals surface area contributed by atoms with Crippen molar-refractivity contribution in [2.24, 2.45) is 0 Å². The van der Waals surface area contributed by atoms with Crippen molar-refractivity contribution in [3.05, 3.63) is 29.8 Å². The summed E-state index contributed by atoms with van der Waals surface area (Å²) in [6.45, 7) is 12.2. The van der Waals surface area contributed by atoms with Crippen molar-refractivity contribution >= 4 is 10.1 Å². The van der Waals surface area contributed by atoms with Gasteiger partial charge in [-0.25, -0.2) is 0 Å². The number of benzene rings is 1. The minimum atomic E-state index is -3.70. The molecule has 9 heteroatoms. The van der Waals surface area contributed by atoms with Crippen molar-refractivity contribution in [3.63, 3.8) is 0 Å². The van der Waals surface area contributed by atoms with Gasteiger partial charge in [-0.05, 0) is 38.9 Å². The van der Waals surface area contributed by atoms with E-state index in [2.05, 4.69) is 19.2 Å². The van der Waals surface area contributed by atoms with Gasteiger partial charge in [0.05, 0.1) is 51.1 Å². The molecule has 1 aromatic carbocycles. The van der Waals surface area contributed by atoms with Gasteiger partial charge in [0.1, 0.15) is 0 Å². The molecule has 0 atom stereocenters. The van der Waals surface area contributed by atoms with Crippen LogP contribution in [0.3, 0.4) is 0 Å². The van der Waals surface area contributed by atoms with Gasteiger partial charge < -0.3 is 24.3 Å². The van der Waals surface area contributed by atoms with Crippen molar-refractivity contribution in [2.75, 3.05) is 73.1 Å². The predicted octanol–water partition coefficient (Wildman–Crippen LogP) is 4.35. The molecule has 0 spiro atoms. The van der Waals surface area contributed by atoms with Gasteiger partial charge in [0.2, 0.25) is 0 Å². The molecule has 0 aromatic heterocycles. The molecule has 1 rings (SSSR count). The summed E-state index contributed by atoms with van der Waals surface area (Å²) in [6.07, 6.45) is 7.10. The first-order chi connectivity index (χ1) is 17.0. The van der Waals surface area contributed by atoms with Crippen LogP contribution in [0.25, 0.3) is 0 Å². The molecule has 0 amide bonds. The first kappa shape index (κ1) is 33.9. The molecule has 8 nitrogen and oxygen atoms in total. The highest BCUT2D eigenvalue weighted by Gasteiger charge is 2.14. The Morgan fingerprint density at radius 3 is 1.60 bits per heavy atom. The number of rotatable bonds is 22. The van der Waals surface area contributed by atoms with Gasteiger partial charge in [0, 0.05) is 19.8 Å². The number of hydrogen-bond donors (Lipinski definition) is 1. The SMILES string of the molecule is CCCCCOCCOCCNC.CCCCCOCCOCCOS(=O)(=O)c1ccc(C)cc1. The third kappa shape index (κ3) is 21.9. The molecule has 0 fully saturated rings. The van der Waals surface area contributed by atoms with E-state index in [1.807, 2.05) is 14.0 Å². The maximum atomic E-state index is 11.9. The number of ether oxygens (including phenoxy) is 4. The monoisotopic (exact) mass is 519 g/mol. The average Bonchev–Trinajstić information content (AvgIpc) is 2.85. The van der Waals surface area contributed by atoms with Crippen LogP contribution in [0.2, 0.25) is 0 Å². The lowest BCUT2D eigenvalue weighted by molar-refractivity contribution is 0.0360. The van der Waals surface area contributed by atoms with Crippen molar-refractivity contribution in [3.8, 4) is 0 Å². The molecule has 206 valence electrons. The Hall–Kier alpha value is -1.07. The topological polar surface area (TPSA) is 92.3 Å². The standard InChI is InChI=1S/C16H26O5S.C10H23NO2/c1-3-4-5-10-19-11-12-20-13-14-21-22(17,18)16-8-6-15(2)7-9-16;1-3-4-5-7-12-9-10-13-8-6-11-2/h6-9H,3-5,10-14H2,1-2H3;11H,3-10H2,1-2H3. The third-order valence-electron chi connectivity index (χ3n) is 4.80. The number of unbranched alkanes of at least 4 members (excludes halogenated alkanes) is 4. The van der Waals surface area contributed by atoms with E-state index in [0.29, 0.717) is 19.8 Å². The summed E-state index contributed by atoms with van der Waals surface area (Å²) < 4.78 is 50.0. The summed E-state index contributed by atoms with van der Waals surface area (Å²) in [5, 5.41) is 3.02. The van der Waals surface area contributed by atoms with E-state index in [-0.39, 0.29) is 18.1 Å². The number of aryl methyl sites for hydroxylation is 1. The smallest absolute Gasteiger partial charge is 0.297 e. The van der Waals surface area contributed by atoms with Crippen molar-refractivity contribution < 1.29 is 31.5 Å². The Kier molecular flexibility index (Phi) is 23.9.